The summed E-state index contributed by atoms with van der Waals surface area (Å²) in [5, 5.41) is 13.5. The average Bonchev–Trinajstić information content (AvgIpc) is 3.16. The van der Waals surface area contributed by atoms with Crippen molar-refractivity contribution in [2.45, 2.75) is 6.61 Å². The zero-order valence-electron chi connectivity index (χ0n) is 14.5. The number of hydrogen-bond acceptors (Lipinski definition) is 6. The average molecular weight is 395 g/mol. The molecule has 4 N–H and O–H groups in total. The molecule has 2 heterocycles. The Balaban J connectivity index is 1.49. The van der Waals surface area contributed by atoms with Crippen LogP contribution in [0.1, 0.15) is 15.9 Å². The Bertz CT molecular complexity index is 1150. The molecule has 0 saturated heterocycles. The fraction of sp³-hybridized carbons (Fsp3) is 0.0526. The van der Waals surface area contributed by atoms with Crippen molar-refractivity contribution in [2.24, 2.45) is 0 Å². The second-order valence-corrected chi connectivity index (χ2v) is 6.38. The van der Waals surface area contributed by atoms with Crippen LogP contribution in [0, 0.1) is 0 Å². The van der Waals surface area contributed by atoms with Crippen molar-refractivity contribution < 1.29 is 9.53 Å². The van der Waals surface area contributed by atoms with Crippen molar-refractivity contribution in [1.82, 2.24) is 20.4 Å². The number of amides is 1. The van der Waals surface area contributed by atoms with Gasteiger partial charge in [-0.3, -0.25) is 4.79 Å². The van der Waals surface area contributed by atoms with Gasteiger partial charge in [-0.05, 0) is 24.3 Å². The van der Waals surface area contributed by atoms with E-state index in [1.54, 1.807) is 24.3 Å². The van der Waals surface area contributed by atoms with Crippen LogP contribution in [-0.4, -0.2) is 26.3 Å². The molecule has 0 atom stereocenters. The van der Waals surface area contributed by atoms with E-state index in [4.69, 9.17) is 22.1 Å². The van der Waals surface area contributed by atoms with Crippen LogP contribution in [0.15, 0.2) is 54.6 Å². The van der Waals surface area contributed by atoms with Crippen LogP contribution < -0.4 is 15.8 Å². The van der Waals surface area contributed by atoms with Gasteiger partial charge < -0.3 is 15.8 Å². The number of rotatable bonds is 5. The number of carbonyl (C=O) groups excluding carboxylic acids is 1. The van der Waals surface area contributed by atoms with Crippen molar-refractivity contribution in [3.63, 3.8) is 0 Å². The number of halogens is 1. The third-order valence-corrected chi connectivity index (χ3v) is 4.37. The number of nitrogens with one attached hydrogen (secondary N) is 2. The molecular formula is C19H15ClN6O2. The second-order valence-electron chi connectivity index (χ2n) is 5.97. The Labute approximate surface area is 164 Å². The fourth-order valence-electron chi connectivity index (χ4n) is 2.63. The van der Waals surface area contributed by atoms with Gasteiger partial charge in [0.2, 0.25) is 0 Å². The Morgan fingerprint density at radius 1 is 1.18 bits per heavy atom. The van der Waals surface area contributed by atoms with Crippen LogP contribution in [0.25, 0.3) is 11.2 Å². The minimum atomic E-state index is -0.244. The van der Waals surface area contributed by atoms with Crippen molar-refractivity contribution in [3.05, 3.63) is 70.7 Å². The summed E-state index contributed by atoms with van der Waals surface area (Å²) in [6.45, 7) is 0.171. The fourth-order valence-corrected chi connectivity index (χ4v) is 2.86. The number of benzene rings is 2. The number of carbonyl (C=O) groups is 1. The zero-order chi connectivity index (χ0) is 19.5. The topological polar surface area (TPSA) is 119 Å². The number of aromatic amines is 1. The van der Waals surface area contributed by atoms with E-state index >= 15 is 0 Å². The second kappa shape index (κ2) is 7.53. The van der Waals surface area contributed by atoms with Gasteiger partial charge in [0.25, 0.3) is 5.91 Å². The van der Waals surface area contributed by atoms with Gasteiger partial charge in [0.1, 0.15) is 12.4 Å². The normalized spacial score (nSPS) is 10.8. The van der Waals surface area contributed by atoms with Gasteiger partial charge >= 0.3 is 0 Å². The lowest BCUT2D eigenvalue weighted by Gasteiger charge is -2.10. The first-order valence-electron chi connectivity index (χ1n) is 8.35. The van der Waals surface area contributed by atoms with Crippen LogP contribution in [0.2, 0.25) is 5.02 Å². The summed E-state index contributed by atoms with van der Waals surface area (Å²) in [5.74, 6) is 0.484. The number of nitrogens with two attached hydrogens (primary N) is 1. The first-order chi connectivity index (χ1) is 13.6. The molecule has 4 aromatic rings. The minimum absolute atomic E-state index is 0.171. The number of anilines is 2. The maximum atomic E-state index is 12.4. The summed E-state index contributed by atoms with van der Waals surface area (Å²) in [5.41, 5.74) is 8.55. The van der Waals surface area contributed by atoms with Crippen molar-refractivity contribution in [3.8, 4) is 5.75 Å². The molecule has 2 aromatic carbocycles. The molecule has 0 aliphatic carbocycles. The van der Waals surface area contributed by atoms with Crippen molar-refractivity contribution >= 4 is 40.2 Å². The summed E-state index contributed by atoms with van der Waals surface area (Å²) in [4.78, 5) is 16.5. The Morgan fingerprint density at radius 2 is 2.00 bits per heavy atom. The standard InChI is InChI=1S/C19H15ClN6O2/c20-14-8-11(19(27)22-13-4-2-1-3-5-13)6-7-12(14)10-28-15-9-16(21)23-18-17(15)24-26-25-18/h1-9H,10H2,(H,22,27)(H3,21,23,24,25,26). The van der Waals surface area contributed by atoms with Gasteiger partial charge in [-0.2, -0.15) is 0 Å². The van der Waals surface area contributed by atoms with Crippen LogP contribution >= 0.6 is 11.6 Å². The minimum Gasteiger partial charge on any atom is -0.486 e. The predicted octanol–water partition coefficient (Wildman–Crippen LogP) is 3.42. The van der Waals surface area contributed by atoms with Crippen molar-refractivity contribution in [1.29, 1.82) is 0 Å². The largest absolute Gasteiger partial charge is 0.486 e. The first kappa shape index (κ1) is 17.7. The third-order valence-electron chi connectivity index (χ3n) is 4.01. The lowest BCUT2D eigenvalue weighted by Crippen LogP contribution is -2.12. The number of ether oxygens (including phenoxy) is 1. The molecule has 1 amide bonds. The van der Waals surface area contributed by atoms with E-state index in [0.717, 1.165) is 0 Å². The summed E-state index contributed by atoms with van der Waals surface area (Å²) in [6, 6.07) is 15.8. The zero-order valence-corrected chi connectivity index (χ0v) is 15.3. The van der Waals surface area contributed by atoms with Gasteiger partial charge in [0.05, 0.1) is 0 Å². The van der Waals surface area contributed by atoms with Gasteiger partial charge in [0.15, 0.2) is 16.9 Å². The van der Waals surface area contributed by atoms with Crippen LogP contribution in [0.5, 0.6) is 5.75 Å². The monoisotopic (exact) mass is 394 g/mol. The molecule has 8 nitrogen and oxygen atoms in total. The van der Waals surface area contributed by atoms with Gasteiger partial charge in [0, 0.05) is 27.9 Å². The van der Waals surface area contributed by atoms with Crippen LogP contribution in [0.3, 0.4) is 0 Å². The maximum absolute atomic E-state index is 12.4. The number of hydrogen-bond donors (Lipinski definition) is 3. The summed E-state index contributed by atoms with van der Waals surface area (Å²) >= 11 is 6.34. The SMILES string of the molecule is Nc1cc(OCc2ccc(C(=O)Nc3ccccc3)cc2Cl)c2nn[nH]c2n1. The molecule has 0 saturated carbocycles. The summed E-state index contributed by atoms with van der Waals surface area (Å²) in [6.07, 6.45) is 0. The number of nitrogens with zero attached hydrogens (tertiary/aromatic N) is 3. The maximum Gasteiger partial charge on any atom is 0.255 e. The van der Waals surface area contributed by atoms with Gasteiger partial charge in [-0.25, -0.2) is 10.1 Å². The summed E-state index contributed by atoms with van der Waals surface area (Å²) < 4.78 is 5.79. The number of para-hydroxylation sites is 1. The summed E-state index contributed by atoms with van der Waals surface area (Å²) in [7, 11) is 0. The molecule has 2 aromatic heterocycles. The molecule has 0 bridgehead atoms. The molecule has 4 rings (SSSR count). The third kappa shape index (κ3) is 3.72. The van der Waals surface area contributed by atoms with Crippen molar-refractivity contribution in [2.75, 3.05) is 11.1 Å². The van der Waals surface area contributed by atoms with Gasteiger partial charge in [-0.1, -0.05) is 41.1 Å². The molecule has 0 unspecified atom stereocenters. The number of aromatic nitrogens is 4. The van der Waals surface area contributed by atoms with E-state index in [9.17, 15) is 4.79 Å². The Hall–Kier alpha value is -3.65. The van der Waals surface area contributed by atoms with Crippen LogP contribution in [-0.2, 0) is 6.61 Å². The van der Waals surface area contributed by atoms with E-state index in [0.29, 0.717) is 38.8 Å². The lowest BCUT2D eigenvalue weighted by atomic mass is 10.1. The highest BCUT2D eigenvalue weighted by Crippen LogP contribution is 2.26. The number of H-pyrrole nitrogens is 1. The quantitative estimate of drug-likeness (QED) is 0.477. The molecule has 0 aliphatic rings. The smallest absolute Gasteiger partial charge is 0.255 e. The van der Waals surface area contributed by atoms with E-state index in [2.05, 4.69) is 25.7 Å². The Morgan fingerprint density at radius 3 is 2.79 bits per heavy atom. The molecule has 0 aliphatic heterocycles. The predicted molar refractivity (Wildman–Crippen MR) is 106 cm³/mol. The first-order valence-corrected chi connectivity index (χ1v) is 8.73. The van der Waals surface area contributed by atoms with E-state index in [1.807, 2.05) is 30.3 Å². The number of fused-ring (bicyclic) bond motifs is 1. The molecule has 0 fully saturated rings. The highest BCUT2D eigenvalue weighted by molar-refractivity contribution is 6.31. The molecular weight excluding hydrogens is 380 g/mol. The number of pyridine rings is 1. The lowest BCUT2D eigenvalue weighted by molar-refractivity contribution is 0.102. The molecule has 9 heteroatoms. The number of nitrogen functional groups attached to an aromatic ring is 1. The van der Waals surface area contributed by atoms with E-state index < -0.39 is 0 Å². The van der Waals surface area contributed by atoms with E-state index in [1.165, 1.54) is 0 Å². The Kier molecular flexibility index (Phi) is 4.77. The highest BCUT2D eigenvalue weighted by Gasteiger charge is 2.12. The molecule has 28 heavy (non-hydrogen) atoms. The van der Waals surface area contributed by atoms with Gasteiger partial charge in [-0.15, -0.1) is 5.10 Å². The van der Waals surface area contributed by atoms with Crippen LogP contribution in [0.4, 0.5) is 11.5 Å². The molecule has 140 valence electrons. The highest BCUT2D eigenvalue weighted by atomic mass is 35.5. The van der Waals surface area contributed by atoms with E-state index in [-0.39, 0.29) is 18.3 Å². The molecule has 0 radical (unpaired) electrons. The molecule has 0 spiro atoms.